The Morgan fingerprint density at radius 1 is 1.31 bits per heavy atom. The summed E-state index contributed by atoms with van der Waals surface area (Å²) in [5.41, 5.74) is 2.32. The van der Waals surface area contributed by atoms with Crippen LogP contribution in [-0.4, -0.2) is 29.7 Å². The lowest BCUT2D eigenvalue weighted by Crippen LogP contribution is -2.47. The van der Waals surface area contributed by atoms with Gasteiger partial charge in [0.05, 0.1) is 4.47 Å². The predicted octanol–water partition coefficient (Wildman–Crippen LogP) is 8.72. The van der Waals surface area contributed by atoms with Crippen LogP contribution >= 0.6 is 15.9 Å². The molecule has 1 aliphatic rings. The number of hydrogen-bond acceptors (Lipinski definition) is 4. The van der Waals surface area contributed by atoms with E-state index in [1.54, 1.807) is 4.90 Å². The maximum absolute atomic E-state index is 15.6. The molecule has 1 aromatic rings. The number of rotatable bonds is 8. The molecule has 194 valence electrons. The molecular formula is C28H40BrFN2O3. The quantitative estimate of drug-likeness (QED) is 0.240. The summed E-state index contributed by atoms with van der Waals surface area (Å²) in [6, 6.07) is 1.94. The van der Waals surface area contributed by atoms with Crippen LogP contribution in [0.3, 0.4) is 0 Å². The van der Waals surface area contributed by atoms with Crippen molar-refractivity contribution >= 4 is 27.6 Å². The normalized spacial score (nSPS) is 19.3. The number of likely N-dealkylation sites (tertiary alicyclic amines) is 1. The third-order valence-corrected chi connectivity index (χ3v) is 7.40. The molecule has 2 rings (SSSR count). The van der Waals surface area contributed by atoms with Gasteiger partial charge in [-0.1, -0.05) is 46.3 Å². The van der Waals surface area contributed by atoms with E-state index in [9.17, 15) is 9.70 Å². The van der Waals surface area contributed by atoms with Gasteiger partial charge in [-0.25, -0.2) is 9.18 Å². The number of nitrogens with zero attached hydrogens (tertiary/aromatic N) is 2. The maximum atomic E-state index is 15.6. The maximum Gasteiger partial charge on any atom is 0.410 e. The summed E-state index contributed by atoms with van der Waals surface area (Å²) in [7, 11) is 0. The minimum atomic E-state index is -0.635. The Labute approximate surface area is 218 Å². The molecule has 5 nitrogen and oxygen atoms in total. The number of ether oxygens (including phenoxy) is 1. The second-order valence-corrected chi connectivity index (χ2v) is 11.6. The summed E-state index contributed by atoms with van der Waals surface area (Å²) < 4.78 is 21.7. The van der Waals surface area contributed by atoms with Gasteiger partial charge in [0.2, 0.25) is 0 Å². The SMILES string of the molecule is C=C(CCC)/C(N=O)=C(\c1cc(C)c(Br)c(F)c1CCC)C1(C)CCCN(C(=O)OC(C)(C)C)C1. The highest BCUT2D eigenvalue weighted by Crippen LogP contribution is 2.48. The van der Waals surface area contributed by atoms with Crippen molar-refractivity contribution in [3.05, 3.63) is 55.8 Å². The van der Waals surface area contributed by atoms with E-state index in [2.05, 4.69) is 27.7 Å². The summed E-state index contributed by atoms with van der Waals surface area (Å²) in [4.78, 5) is 27.0. The molecule has 0 bridgehead atoms. The van der Waals surface area contributed by atoms with Crippen molar-refractivity contribution in [2.24, 2.45) is 10.6 Å². The number of piperidine rings is 1. The van der Waals surface area contributed by atoms with Gasteiger partial charge in [0.15, 0.2) is 0 Å². The molecule has 1 atom stereocenters. The molecule has 1 aliphatic heterocycles. The molecule has 0 radical (unpaired) electrons. The highest BCUT2D eigenvalue weighted by atomic mass is 79.9. The Balaban J connectivity index is 2.79. The predicted molar refractivity (Wildman–Crippen MR) is 145 cm³/mol. The molecule has 0 saturated carbocycles. The average molecular weight is 552 g/mol. The van der Waals surface area contributed by atoms with Crippen LogP contribution in [0.25, 0.3) is 5.57 Å². The molecule has 7 heteroatoms. The first-order chi connectivity index (χ1) is 16.3. The fraction of sp³-hybridized carbons (Fsp3) is 0.607. The third-order valence-electron chi connectivity index (χ3n) is 6.43. The van der Waals surface area contributed by atoms with Crippen LogP contribution < -0.4 is 0 Å². The number of amides is 1. The van der Waals surface area contributed by atoms with Crippen molar-refractivity contribution in [3.8, 4) is 0 Å². The van der Waals surface area contributed by atoms with Gasteiger partial charge >= 0.3 is 6.09 Å². The van der Waals surface area contributed by atoms with Crippen LogP contribution in [-0.2, 0) is 11.2 Å². The zero-order chi connectivity index (χ0) is 26.6. The van der Waals surface area contributed by atoms with E-state index in [0.29, 0.717) is 52.7 Å². The number of aryl methyl sites for hydroxylation is 1. The summed E-state index contributed by atoms with van der Waals surface area (Å²) in [6.45, 7) is 18.5. The second kappa shape index (κ2) is 11.8. The number of nitroso groups, excluding NO2 is 1. The Kier molecular flexibility index (Phi) is 9.86. The molecule has 1 unspecified atom stereocenters. The van der Waals surface area contributed by atoms with Gasteiger partial charge in [-0.15, -0.1) is 4.91 Å². The number of hydrogen-bond donors (Lipinski definition) is 0. The fourth-order valence-electron chi connectivity index (χ4n) is 4.88. The zero-order valence-electron chi connectivity index (χ0n) is 22.3. The molecule has 1 aromatic carbocycles. The van der Waals surface area contributed by atoms with E-state index >= 15 is 4.39 Å². The first-order valence-electron chi connectivity index (χ1n) is 12.5. The lowest BCUT2D eigenvalue weighted by Gasteiger charge is -2.43. The minimum absolute atomic E-state index is 0.277. The Morgan fingerprint density at radius 3 is 2.51 bits per heavy atom. The van der Waals surface area contributed by atoms with E-state index < -0.39 is 11.0 Å². The lowest BCUT2D eigenvalue weighted by atomic mass is 9.70. The van der Waals surface area contributed by atoms with Crippen LogP contribution in [0.1, 0.15) is 90.3 Å². The number of allylic oxidation sites excluding steroid dienone is 1. The fourth-order valence-corrected chi connectivity index (χ4v) is 5.23. The summed E-state index contributed by atoms with van der Waals surface area (Å²) in [6.07, 6.45) is 3.74. The highest BCUT2D eigenvalue weighted by Gasteiger charge is 2.41. The Morgan fingerprint density at radius 2 is 1.97 bits per heavy atom. The van der Waals surface area contributed by atoms with Gasteiger partial charge in [0.1, 0.15) is 17.1 Å². The monoisotopic (exact) mass is 550 g/mol. The van der Waals surface area contributed by atoms with Crippen molar-refractivity contribution in [1.29, 1.82) is 0 Å². The molecule has 0 spiro atoms. The van der Waals surface area contributed by atoms with Gasteiger partial charge in [0.25, 0.3) is 0 Å². The molecule has 1 saturated heterocycles. The van der Waals surface area contributed by atoms with E-state index in [1.165, 1.54) is 0 Å². The van der Waals surface area contributed by atoms with E-state index in [4.69, 9.17) is 4.74 Å². The number of benzene rings is 1. The number of carbonyl (C=O) groups excluding carboxylic acids is 1. The van der Waals surface area contributed by atoms with Crippen LogP contribution in [0, 0.1) is 23.1 Å². The first-order valence-corrected chi connectivity index (χ1v) is 13.3. The Bertz CT molecular complexity index is 1010. The molecule has 1 heterocycles. The molecule has 35 heavy (non-hydrogen) atoms. The zero-order valence-corrected chi connectivity index (χ0v) is 23.9. The summed E-state index contributed by atoms with van der Waals surface area (Å²) in [5.74, 6) is -0.311. The van der Waals surface area contributed by atoms with Gasteiger partial charge in [-0.2, -0.15) is 0 Å². The third kappa shape index (κ3) is 6.81. The van der Waals surface area contributed by atoms with Crippen LogP contribution in [0.4, 0.5) is 9.18 Å². The van der Waals surface area contributed by atoms with Gasteiger partial charge < -0.3 is 9.64 Å². The van der Waals surface area contributed by atoms with Gasteiger partial charge in [-0.3, -0.25) is 0 Å². The van der Waals surface area contributed by atoms with Gasteiger partial charge in [0, 0.05) is 18.5 Å². The van der Waals surface area contributed by atoms with Crippen molar-refractivity contribution in [2.75, 3.05) is 13.1 Å². The van der Waals surface area contributed by atoms with E-state index in [1.807, 2.05) is 54.5 Å². The summed E-state index contributed by atoms with van der Waals surface area (Å²) in [5, 5.41) is 3.48. The number of halogens is 2. The summed E-state index contributed by atoms with van der Waals surface area (Å²) >= 11 is 3.39. The van der Waals surface area contributed by atoms with Crippen LogP contribution in [0.5, 0.6) is 0 Å². The molecule has 0 aliphatic carbocycles. The van der Waals surface area contributed by atoms with E-state index in [-0.39, 0.29) is 17.6 Å². The molecular weight excluding hydrogens is 511 g/mol. The molecule has 1 amide bonds. The average Bonchev–Trinajstić information content (AvgIpc) is 2.76. The molecule has 1 fully saturated rings. The highest BCUT2D eigenvalue weighted by molar-refractivity contribution is 9.10. The number of carbonyl (C=O) groups is 1. The Hall–Kier alpha value is -2.02. The smallest absolute Gasteiger partial charge is 0.410 e. The van der Waals surface area contributed by atoms with Crippen molar-refractivity contribution in [1.82, 2.24) is 4.90 Å². The van der Waals surface area contributed by atoms with Crippen molar-refractivity contribution in [3.63, 3.8) is 0 Å². The van der Waals surface area contributed by atoms with Crippen LogP contribution in [0.15, 0.2) is 33.6 Å². The van der Waals surface area contributed by atoms with Crippen molar-refractivity contribution in [2.45, 2.75) is 92.6 Å². The second-order valence-electron chi connectivity index (χ2n) is 10.8. The van der Waals surface area contributed by atoms with E-state index in [0.717, 1.165) is 31.2 Å². The lowest BCUT2D eigenvalue weighted by molar-refractivity contribution is 0.0129. The topological polar surface area (TPSA) is 59.0 Å². The molecule has 0 N–H and O–H groups in total. The largest absolute Gasteiger partial charge is 0.444 e. The van der Waals surface area contributed by atoms with Crippen LogP contribution in [0.2, 0.25) is 0 Å². The van der Waals surface area contributed by atoms with Gasteiger partial charge in [-0.05, 0) is 102 Å². The van der Waals surface area contributed by atoms with Crippen molar-refractivity contribution < 1.29 is 13.9 Å². The first kappa shape index (κ1) is 29.2. The standard InChI is InChI=1S/C28H40BrFN2O3/c1-9-12-18(3)25(31-34)22(21-16-19(4)23(29)24(30)20(21)13-10-2)28(8)14-11-15-32(17-28)26(33)35-27(5,6)7/h16H,3,9-15,17H2,1-2,4-8H3/b25-22-. The molecule has 0 aromatic heterocycles. The minimum Gasteiger partial charge on any atom is -0.444 e.